The van der Waals surface area contributed by atoms with Crippen LogP contribution in [-0.4, -0.2) is 10.2 Å². The summed E-state index contributed by atoms with van der Waals surface area (Å²) in [4.78, 5) is 0. The van der Waals surface area contributed by atoms with E-state index in [1.807, 2.05) is 18.2 Å². The van der Waals surface area contributed by atoms with Crippen LogP contribution in [0, 0.1) is 5.82 Å². The summed E-state index contributed by atoms with van der Waals surface area (Å²) >= 11 is 6.08. The van der Waals surface area contributed by atoms with E-state index in [2.05, 4.69) is 10.2 Å². The van der Waals surface area contributed by atoms with Gasteiger partial charge in [-0.1, -0.05) is 29.8 Å². The fourth-order valence-corrected chi connectivity index (χ4v) is 2.04. The number of halogens is 2. The second-order valence-corrected chi connectivity index (χ2v) is 4.34. The van der Waals surface area contributed by atoms with Crippen molar-refractivity contribution < 1.29 is 4.39 Å². The Morgan fingerprint density at radius 2 is 1.67 bits per heavy atom. The molecule has 18 heavy (non-hydrogen) atoms. The van der Waals surface area contributed by atoms with Crippen LogP contribution in [-0.2, 0) is 0 Å². The fraction of sp³-hybridized carbons (Fsp3) is 0. The van der Waals surface area contributed by atoms with Crippen molar-refractivity contribution in [1.82, 2.24) is 10.2 Å². The molecular weight excluding hydrogens is 251 g/mol. The summed E-state index contributed by atoms with van der Waals surface area (Å²) in [6.07, 6.45) is 1.51. The Hall–Kier alpha value is -2.00. The van der Waals surface area contributed by atoms with Crippen molar-refractivity contribution in [3.63, 3.8) is 0 Å². The lowest BCUT2D eigenvalue weighted by Crippen LogP contribution is -1.85. The third-order valence-electron chi connectivity index (χ3n) is 2.77. The lowest BCUT2D eigenvalue weighted by molar-refractivity contribution is 0.628. The van der Waals surface area contributed by atoms with Crippen molar-refractivity contribution in [2.45, 2.75) is 0 Å². The zero-order valence-electron chi connectivity index (χ0n) is 9.27. The molecule has 0 aliphatic heterocycles. The number of hydrogen-bond donors (Lipinski definition) is 0. The molecule has 0 amide bonds. The van der Waals surface area contributed by atoms with E-state index in [1.165, 1.54) is 18.3 Å². The molecular formula is C14H8ClFN2. The molecule has 0 atom stereocenters. The van der Waals surface area contributed by atoms with Crippen LogP contribution in [0.25, 0.3) is 22.0 Å². The highest BCUT2D eigenvalue weighted by molar-refractivity contribution is 6.35. The molecule has 0 saturated carbocycles. The van der Waals surface area contributed by atoms with Gasteiger partial charge in [-0.3, -0.25) is 0 Å². The minimum absolute atomic E-state index is 0.247. The van der Waals surface area contributed by atoms with Gasteiger partial charge in [-0.25, -0.2) is 4.39 Å². The van der Waals surface area contributed by atoms with E-state index in [-0.39, 0.29) is 5.82 Å². The molecule has 2 nitrogen and oxygen atoms in total. The third kappa shape index (κ3) is 1.93. The van der Waals surface area contributed by atoms with E-state index in [0.29, 0.717) is 5.02 Å². The lowest BCUT2D eigenvalue weighted by Gasteiger charge is -2.04. The maximum Gasteiger partial charge on any atom is 0.123 e. The van der Waals surface area contributed by atoms with Crippen molar-refractivity contribution in [1.29, 1.82) is 0 Å². The number of aromatic nitrogens is 2. The number of hydrogen-bond acceptors (Lipinski definition) is 2. The van der Waals surface area contributed by atoms with Crippen LogP contribution >= 0.6 is 11.6 Å². The molecule has 0 aliphatic rings. The van der Waals surface area contributed by atoms with E-state index in [1.54, 1.807) is 12.1 Å². The van der Waals surface area contributed by atoms with Gasteiger partial charge in [0.25, 0.3) is 0 Å². The SMILES string of the molecule is Fc1ccc(-c2ccc3nncc(Cl)c3c2)cc1. The smallest absolute Gasteiger partial charge is 0.123 e. The number of fused-ring (bicyclic) bond motifs is 1. The van der Waals surface area contributed by atoms with Gasteiger partial charge in [0.2, 0.25) is 0 Å². The predicted molar refractivity (Wildman–Crippen MR) is 69.9 cm³/mol. The molecule has 0 aliphatic carbocycles. The average Bonchev–Trinajstić information content (AvgIpc) is 2.40. The van der Waals surface area contributed by atoms with Crippen molar-refractivity contribution in [3.05, 3.63) is 59.5 Å². The molecule has 0 bridgehead atoms. The van der Waals surface area contributed by atoms with Crippen LogP contribution < -0.4 is 0 Å². The third-order valence-corrected chi connectivity index (χ3v) is 3.07. The summed E-state index contributed by atoms with van der Waals surface area (Å²) in [6.45, 7) is 0. The van der Waals surface area contributed by atoms with Gasteiger partial charge in [0.15, 0.2) is 0 Å². The van der Waals surface area contributed by atoms with E-state index >= 15 is 0 Å². The highest BCUT2D eigenvalue weighted by Gasteiger charge is 2.04. The van der Waals surface area contributed by atoms with Gasteiger partial charge < -0.3 is 0 Å². The molecule has 88 valence electrons. The van der Waals surface area contributed by atoms with Crippen LogP contribution in [0.4, 0.5) is 4.39 Å². The minimum Gasteiger partial charge on any atom is -0.207 e. The number of rotatable bonds is 1. The van der Waals surface area contributed by atoms with Crippen molar-refractivity contribution in [2.24, 2.45) is 0 Å². The first-order valence-electron chi connectivity index (χ1n) is 5.41. The normalized spacial score (nSPS) is 10.8. The Morgan fingerprint density at radius 3 is 2.44 bits per heavy atom. The van der Waals surface area contributed by atoms with Crippen LogP contribution in [0.3, 0.4) is 0 Å². The topological polar surface area (TPSA) is 25.8 Å². The summed E-state index contributed by atoms with van der Waals surface area (Å²) in [5.74, 6) is -0.247. The zero-order chi connectivity index (χ0) is 12.5. The lowest BCUT2D eigenvalue weighted by atomic mass is 10.0. The van der Waals surface area contributed by atoms with Gasteiger partial charge in [-0.15, -0.1) is 0 Å². The largest absolute Gasteiger partial charge is 0.207 e. The second-order valence-electron chi connectivity index (χ2n) is 3.93. The second kappa shape index (κ2) is 4.35. The van der Waals surface area contributed by atoms with E-state index < -0.39 is 0 Å². The number of benzene rings is 2. The summed E-state index contributed by atoms with van der Waals surface area (Å²) in [5, 5.41) is 9.19. The van der Waals surface area contributed by atoms with Crippen molar-refractivity contribution >= 4 is 22.5 Å². The van der Waals surface area contributed by atoms with Gasteiger partial charge in [-0.2, -0.15) is 10.2 Å². The van der Waals surface area contributed by atoms with Gasteiger partial charge >= 0.3 is 0 Å². The average molecular weight is 259 g/mol. The van der Waals surface area contributed by atoms with Crippen LogP contribution in [0.15, 0.2) is 48.7 Å². The first-order chi connectivity index (χ1) is 8.74. The van der Waals surface area contributed by atoms with Crippen LogP contribution in [0.2, 0.25) is 5.02 Å². The Morgan fingerprint density at radius 1 is 0.944 bits per heavy atom. The fourth-order valence-electron chi connectivity index (χ4n) is 1.85. The predicted octanol–water partition coefficient (Wildman–Crippen LogP) is 4.09. The molecule has 2 aromatic carbocycles. The molecule has 0 unspecified atom stereocenters. The Kier molecular flexibility index (Phi) is 2.68. The van der Waals surface area contributed by atoms with E-state index in [9.17, 15) is 4.39 Å². The van der Waals surface area contributed by atoms with Crippen molar-refractivity contribution in [3.8, 4) is 11.1 Å². The van der Waals surface area contributed by atoms with Crippen LogP contribution in [0.5, 0.6) is 0 Å². The first kappa shape index (κ1) is 11.1. The molecule has 3 aromatic rings. The molecule has 0 fully saturated rings. The zero-order valence-corrected chi connectivity index (χ0v) is 10.0. The first-order valence-corrected chi connectivity index (χ1v) is 5.79. The maximum atomic E-state index is 12.9. The van der Waals surface area contributed by atoms with Crippen molar-refractivity contribution in [2.75, 3.05) is 0 Å². The minimum atomic E-state index is -0.247. The summed E-state index contributed by atoms with van der Waals surface area (Å²) in [6, 6.07) is 12.0. The highest BCUT2D eigenvalue weighted by Crippen LogP contribution is 2.27. The Balaban J connectivity index is 2.18. The van der Waals surface area contributed by atoms with Crippen LogP contribution in [0.1, 0.15) is 0 Å². The highest BCUT2D eigenvalue weighted by atomic mass is 35.5. The van der Waals surface area contributed by atoms with E-state index in [4.69, 9.17) is 11.6 Å². The molecule has 1 aromatic heterocycles. The molecule has 3 rings (SSSR count). The summed E-state index contributed by atoms with van der Waals surface area (Å²) in [7, 11) is 0. The summed E-state index contributed by atoms with van der Waals surface area (Å²) < 4.78 is 12.9. The van der Waals surface area contributed by atoms with Gasteiger partial charge in [0.05, 0.1) is 16.7 Å². The summed E-state index contributed by atoms with van der Waals surface area (Å²) in [5.41, 5.74) is 2.65. The monoisotopic (exact) mass is 258 g/mol. The molecule has 0 radical (unpaired) electrons. The molecule has 0 N–H and O–H groups in total. The van der Waals surface area contributed by atoms with Gasteiger partial charge in [0, 0.05) is 5.39 Å². The maximum absolute atomic E-state index is 12.9. The van der Waals surface area contributed by atoms with E-state index in [0.717, 1.165) is 22.0 Å². The standard InChI is InChI=1S/C14H8ClFN2/c15-13-8-17-18-14-6-3-10(7-12(13)14)9-1-4-11(16)5-2-9/h1-8H. The molecule has 4 heteroatoms. The van der Waals surface area contributed by atoms with Gasteiger partial charge in [0.1, 0.15) is 5.82 Å². The van der Waals surface area contributed by atoms with Gasteiger partial charge in [-0.05, 0) is 35.4 Å². The Labute approximate surface area is 108 Å². The quantitative estimate of drug-likeness (QED) is 0.657. The molecule has 1 heterocycles. The number of nitrogens with zero attached hydrogens (tertiary/aromatic N) is 2. The molecule has 0 spiro atoms. The molecule has 0 saturated heterocycles. The Bertz CT molecular complexity index is 711.